The number of rotatable bonds is 2. The van der Waals surface area contributed by atoms with Crippen LogP contribution in [0.1, 0.15) is 44.1 Å². The van der Waals surface area contributed by atoms with Gasteiger partial charge < -0.3 is 4.74 Å². The predicted molar refractivity (Wildman–Crippen MR) is 84.9 cm³/mol. The number of ether oxygens (including phenoxy) is 1. The van der Waals surface area contributed by atoms with Crippen LogP contribution in [0, 0.1) is 22.7 Å². The second-order valence-electron chi connectivity index (χ2n) is 7.71. The van der Waals surface area contributed by atoms with Crippen molar-refractivity contribution in [1.29, 1.82) is 0 Å². The summed E-state index contributed by atoms with van der Waals surface area (Å²) >= 11 is 0. The summed E-state index contributed by atoms with van der Waals surface area (Å²) in [5, 5.41) is 0. The lowest BCUT2D eigenvalue weighted by Crippen LogP contribution is -2.32. The molecule has 22 heavy (non-hydrogen) atoms. The first kappa shape index (κ1) is 12.9. The van der Waals surface area contributed by atoms with Crippen LogP contribution in [0.5, 0.6) is 0 Å². The van der Waals surface area contributed by atoms with Gasteiger partial charge in [-0.25, -0.2) is 0 Å². The van der Waals surface area contributed by atoms with Gasteiger partial charge in [-0.15, -0.1) is 0 Å². The van der Waals surface area contributed by atoms with Crippen molar-refractivity contribution in [3.8, 4) is 0 Å². The topological polar surface area (TPSA) is 26.3 Å². The molecule has 0 aliphatic heterocycles. The quantitative estimate of drug-likeness (QED) is 0.764. The molecule has 2 nitrogen and oxygen atoms in total. The standard InChI is InChI=1S/C20H22O2/c1-22-18(21)20-11-15-16(13-7-3-2-4-8-13)14-9-5-6-10-19(20,12-20)17(14)15/h2-4,7-8,15,17H,5-6,9-12H2,1H3/t15-,17+,19-,20?/m0/s1. The third-order valence-corrected chi connectivity index (χ3v) is 7.08. The molecular weight excluding hydrogens is 272 g/mol. The molecule has 1 aromatic rings. The highest BCUT2D eigenvalue weighted by Crippen LogP contribution is 2.86. The fourth-order valence-electron chi connectivity index (χ4n) is 6.31. The number of benzene rings is 1. The Morgan fingerprint density at radius 2 is 2.05 bits per heavy atom. The highest BCUT2D eigenvalue weighted by atomic mass is 16.5. The number of carbonyl (C=O) groups excluding carboxylic acids is 1. The van der Waals surface area contributed by atoms with Crippen molar-refractivity contribution in [2.45, 2.75) is 38.5 Å². The minimum absolute atomic E-state index is 0.0653. The van der Waals surface area contributed by atoms with Crippen LogP contribution in [0.2, 0.25) is 0 Å². The average molecular weight is 294 g/mol. The summed E-state index contributed by atoms with van der Waals surface area (Å²) in [6.07, 6.45) is 7.14. The van der Waals surface area contributed by atoms with Crippen molar-refractivity contribution in [3.63, 3.8) is 0 Å². The van der Waals surface area contributed by atoms with Gasteiger partial charge in [0.15, 0.2) is 0 Å². The number of methoxy groups -OCH3 is 1. The van der Waals surface area contributed by atoms with E-state index < -0.39 is 0 Å². The van der Waals surface area contributed by atoms with Crippen LogP contribution in [0.25, 0.3) is 5.57 Å². The number of allylic oxidation sites excluding steroid dienone is 2. The van der Waals surface area contributed by atoms with Crippen molar-refractivity contribution in [3.05, 3.63) is 41.5 Å². The van der Waals surface area contributed by atoms with Gasteiger partial charge in [0.25, 0.3) is 0 Å². The molecule has 3 fully saturated rings. The summed E-state index contributed by atoms with van der Waals surface area (Å²) in [4.78, 5) is 12.5. The van der Waals surface area contributed by atoms with Crippen molar-refractivity contribution in [2.24, 2.45) is 22.7 Å². The van der Waals surface area contributed by atoms with Crippen LogP contribution in [-0.4, -0.2) is 13.1 Å². The van der Waals surface area contributed by atoms with Crippen molar-refractivity contribution in [2.75, 3.05) is 7.11 Å². The average Bonchev–Trinajstić information content (AvgIpc) is 3.17. The maximum absolute atomic E-state index is 12.5. The number of carbonyl (C=O) groups is 1. The highest BCUT2D eigenvalue weighted by Gasteiger charge is 2.82. The minimum atomic E-state index is -0.150. The monoisotopic (exact) mass is 294 g/mol. The molecule has 5 rings (SSSR count). The fourth-order valence-corrected chi connectivity index (χ4v) is 6.31. The Bertz CT molecular complexity index is 689. The molecule has 4 aliphatic rings. The van der Waals surface area contributed by atoms with Gasteiger partial charge in [0.1, 0.15) is 0 Å². The van der Waals surface area contributed by atoms with E-state index in [1.165, 1.54) is 31.2 Å². The first-order valence-corrected chi connectivity index (χ1v) is 8.60. The van der Waals surface area contributed by atoms with E-state index in [4.69, 9.17) is 4.74 Å². The van der Waals surface area contributed by atoms with Gasteiger partial charge in [-0.2, -0.15) is 0 Å². The van der Waals surface area contributed by atoms with E-state index in [1.54, 1.807) is 18.3 Å². The molecule has 4 aliphatic carbocycles. The Morgan fingerprint density at radius 1 is 1.23 bits per heavy atom. The third-order valence-electron chi connectivity index (χ3n) is 7.08. The zero-order valence-electron chi connectivity index (χ0n) is 13.1. The largest absolute Gasteiger partial charge is 0.469 e. The van der Waals surface area contributed by atoms with Crippen LogP contribution in [0.15, 0.2) is 35.9 Å². The molecule has 0 radical (unpaired) electrons. The zero-order valence-corrected chi connectivity index (χ0v) is 13.1. The van der Waals surface area contributed by atoms with Crippen molar-refractivity contribution < 1.29 is 9.53 Å². The van der Waals surface area contributed by atoms with Crippen LogP contribution in [0.4, 0.5) is 0 Å². The molecule has 1 unspecified atom stereocenters. The predicted octanol–water partition coefficient (Wildman–Crippen LogP) is 4.21. The van der Waals surface area contributed by atoms with Gasteiger partial charge >= 0.3 is 5.97 Å². The zero-order chi connectivity index (χ0) is 14.9. The van der Waals surface area contributed by atoms with E-state index >= 15 is 0 Å². The minimum Gasteiger partial charge on any atom is -0.469 e. The lowest BCUT2D eigenvalue weighted by molar-refractivity contribution is -0.148. The normalized spacial score (nSPS) is 41.1. The lowest BCUT2D eigenvalue weighted by Gasteiger charge is -2.42. The summed E-state index contributed by atoms with van der Waals surface area (Å²) in [6.45, 7) is 0. The van der Waals surface area contributed by atoms with E-state index in [2.05, 4.69) is 30.3 Å². The lowest BCUT2D eigenvalue weighted by atomic mass is 9.61. The molecule has 0 N–H and O–H groups in total. The smallest absolute Gasteiger partial charge is 0.312 e. The Kier molecular flexibility index (Phi) is 2.37. The van der Waals surface area contributed by atoms with E-state index in [0.29, 0.717) is 11.8 Å². The molecule has 1 spiro atoms. The first-order valence-electron chi connectivity index (χ1n) is 8.60. The molecule has 0 saturated heterocycles. The Morgan fingerprint density at radius 3 is 2.82 bits per heavy atom. The molecule has 114 valence electrons. The molecule has 0 amide bonds. The fraction of sp³-hybridized carbons (Fsp3) is 0.550. The number of esters is 1. The van der Waals surface area contributed by atoms with Crippen molar-refractivity contribution >= 4 is 11.5 Å². The van der Waals surface area contributed by atoms with E-state index in [1.807, 2.05) is 0 Å². The summed E-state index contributed by atoms with van der Waals surface area (Å²) in [5.74, 6) is 1.34. The van der Waals surface area contributed by atoms with Gasteiger partial charge in [-0.3, -0.25) is 4.79 Å². The van der Waals surface area contributed by atoms with Crippen LogP contribution >= 0.6 is 0 Å². The maximum atomic E-state index is 12.5. The molecular formula is C20H22O2. The molecule has 0 heterocycles. The summed E-state index contributed by atoms with van der Waals surface area (Å²) in [6, 6.07) is 10.8. The molecule has 3 saturated carbocycles. The Labute approximate surface area is 131 Å². The van der Waals surface area contributed by atoms with Gasteiger partial charge in [0.2, 0.25) is 0 Å². The van der Waals surface area contributed by atoms with Gasteiger partial charge in [-0.1, -0.05) is 42.3 Å². The highest BCUT2D eigenvalue weighted by molar-refractivity contribution is 5.88. The summed E-state index contributed by atoms with van der Waals surface area (Å²) in [7, 11) is 1.56. The number of hydrogen-bond donors (Lipinski definition) is 0. The Balaban J connectivity index is 1.61. The molecule has 1 aromatic carbocycles. The van der Waals surface area contributed by atoms with E-state index in [9.17, 15) is 4.79 Å². The maximum Gasteiger partial charge on any atom is 0.312 e. The molecule has 0 bridgehead atoms. The second kappa shape index (κ2) is 4.04. The van der Waals surface area contributed by atoms with Gasteiger partial charge in [0.05, 0.1) is 12.5 Å². The van der Waals surface area contributed by atoms with E-state index in [0.717, 1.165) is 12.8 Å². The van der Waals surface area contributed by atoms with Gasteiger partial charge in [-0.05, 0) is 60.5 Å². The molecule has 4 atom stereocenters. The first-order chi connectivity index (χ1) is 10.7. The summed E-state index contributed by atoms with van der Waals surface area (Å²) in [5.41, 5.74) is 4.74. The third kappa shape index (κ3) is 1.27. The van der Waals surface area contributed by atoms with Crippen LogP contribution in [0.3, 0.4) is 0 Å². The van der Waals surface area contributed by atoms with Crippen LogP contribution in [-0.2, 0) is 9.53 Å². The Hall–Kier alpha value is -1.57. The van der Waals surface area contributed by atoms with Crippen molar-refractivity contribution in [1.82, 2.24) is 0 Å². The molecule has 2 heteroatoms. The second-order valence-corrected chi connectivity index (χ2v) is 7.71. The SMILES string of the molecule is COC(=O)C12C[C@H]3C(c4ccccc4)=C4CCCC[C@]1(C2)[C@H]43. The van der Waals surface area contributed by atoms with Crippen LogP contribution < -0.4 is 0 Å². The van der Waals surface area contributed by atoms with E-state index in [-0.39, 0.29) is 16.8 Å². The van der Waals surface area contributed by atoms with Gasteiger partial charge in [0, 0.05) is 0 Å². The molecule has 0 aromatic heterocycles. The summed E-state index contributed by atoms with van der Waals surface area (Å²) < 4.78 is 5.21. The number of hydrogen-bond acceptors (Lipinski definition) is 2.